The average Bonchev–Trinajstić information content (AvgIpc) is 2.89. The monoisotopic (exact) mass is 399 g/mol. The SMILES string of the molecule is [O-][N+]1(CCOCCO)CCN(C2=Nc3ccccc3Sc3ccccc32)CC1. The zero-order valence-corrected chi connectivity index (χ0v) is 16.6. The van der Waals surface area contributed by atoms with Crippen molar-refractivity contribution in [2.45, 2.75) is 9.79 Å². The Hall–Kier alpha value is -1.90. The standard InChI is InChI=1S/C21H25N3O3S/c25-14-16-27-15-13-24(26)11-9-23(10-12-24)21-17-5-1-3-7-19(17)28-20-8-4-2-6-18(20)22-21/h1-8,25H,9-16H2. The van der Waals surface area contributed by atoms with Crippen LogP contribution in [0.15, 0.2) is 63.3 Å². The first-order valence-corrected chi connectivity index (χ1v) is 10.5. The van der Waals surface area contributed by atoms with Crippen LogP contribution in [-0.2, 0) is 4.74 Å². The van der Waals surface area contributed by atoms with Crippen LogP contribution in [0.2, 0.25) is 0 Å². The zero-order valence-electron chi connectivity index (χ0n) is 15.8. The van der Waals surface area contributed by atoms with Gasteiger partial charge in [-0.25, -0.2) is 4.99 Å². The maximum absolute atomic E-state index is 12.9. The number of benzene rings is 2. The Bertz CT molecular complexity index is 850. The number of hydrogen-bond donors (Lipinski definition) is 1. The molecule has 28 heavy (non-hydrogen) atoms. The van der Waals surface area contributed by atoms with Crippen LogP contribution < -0.4 is 0 Å². The lowest BCUT2D eigenvalue weighted by Crippen LogP contribution is -2.58. The molecule has 1 saturated heterocycles. The largest absolute Gasteiger partial charge is 0.633 e. The molecule has 2 aromatic rings. The highest BCUT2D eigenvalue weighted by Crippen LogP contribution is 2.40. The van der Waals surface area contributed by atoms with E-state index in [4.69, 9.17) is 14.8 Å². The molecular weight excluding hydrogens is 374 g/mol. The molecule has 0 amide bonds. The Morgan fingerprint density at radius 2 is 1.75 bits per heavy atom. The number of para-hydroxylation sites is 1. The van der Waals surface area contributed by atoms with Crippen molar-refractivity contribution in [2.24, 2.45) is 4.99 Å². The van der Waals surface area contributed by atoms with E-state index in [9.17, 15) is 5.21 Å². The lowest BCUT2D eigenvalue weighted by Gasteiger charge is -2.48. The van der Waals surface area contributed by atoms with Gasteiger partial charge in [-0.3, -0.25) is 0 Å². The molecule has 2 aliphatic heterocycles. The Labute approximate surface area is 169 Å². The quantitative estimate of drug-likeness (QED) is 0.476. The van der Waals surface area contributed by atoms with Gasteiger partial charge in [0.2, 0.25) is 0 Å². The fraction of sp³-hybridized carbons (Fsp3) is 0.381. The van der Waals surface area contributed by atoms with Gasteiger partial charge < -0.3 is 24.6 Å². The summed E-state index contributed by atoms with van der Waals surface area (Å²) in [6.07, 6.45) is 0. The van der Waals surface area contributed by atoms with Gasteiger partial charge in [-0.2, -0.15) is 0 Å². The lowest BCUT2D eigenvalue weighted by molar-refractivity contribution is -0.884. The minimum absolute atomic E-state index is 0.00858. The highest BCUT2D eigenvalue weighted by atomic mass is 32.2. The van der Waals surface area contributed by atoms with E-state index in [-0.39, 0.29) is 17.9 Å². The average molecular weight is 400 g/mol. The molecule has 2 aliphatic rings. The maximum Gasteiger partial charge on any atom is 0.138 e. The number of rotatable bonds is 5. The van der Waals surface area contributed by atoms with E-state index in [0.717, 1.165) is 22.0 Å². The Morgan fingerprint density at radius 3 is 2.54 bits per heavy atom. The van der Waals surface area contributed by atoms with Crippen molar-refractivity contribution in [3.8, 4) is 0 Å². The van der Waals surface area contributed by atoms with E-state index < -0.39 is 0 Å². The van der Waals surface area contributed by atoms with E-state index in [1.165, 1.54) is 4.90 Å². The van der Waals surface area contributed by atoms with Crippen LogP contribution >= 0.6 is 11.8 Å². The van der Waals surface area contributed by atoms with Crippen molar-refractivity contribution in [3.63, 3.8) is 0 Å². The van der Waals surface area contributed by atoms with Gasteiger partial charge in [-0.1, -0.05) is 42.1 Å². The van der Waals surface area contributed by atoms with E-state index in [0.29, 0.717) is 39.3 Å². The second-order valence-corrected chi connectivity index (χ2v) is 8.14. The predicted molar refractivity (Wildman–Crippen MR) is 111 cm³/mol. The number of fused-ring (bicyclic) bond motifs is 2. The van der Waals surface area contributed by atoms with Gasteiger partial charge in [0.25, 0.3) is 0 Å². The number of quaternary nitrogens is 1. The van der Waals surface area contributed by atoms with Gasteiger partial charge in [0.15, 0.2) is 0 Å². The first kappa shape index (κ1) is 19.4. The van der Waals surface area contributed by atoms with Crippen LogP contribution in [0.4, 0.5) is 5.69 Å². The third kappa shape index (κ3) is 4.24. The van der Waals surface area contributed by atoms with E-state index >= 15 is 0 Å². The summed E-state index contributed by atoms with van der Waals surface area (Å²) in [6, 6.07) is 16.5. The van der Waals surface area contributed by atoms with Crippen molar-refractivity contribution in [1.82, 2.24) is 4.90 Å². The summed E-state index contributed by atoms with van der Waals surface area (Å²) in [5.74, 6) is 0.954. The molecule has 0 radical (unpaired) electrons. The Morgan fingerprint density at radius 1 is 1.04 bits per heavy atom. The molecule has 0 unspecified atom stereocenters. The molecule has 148 valence electrons. The van der Waals surface area contributed by atoms with Crippen molar-refractivity contribution in [1.29, 1.82) is 0 Å². The molecule has 0 saturated carbocycles. The first-order chi connectivity index (χ1) is 13.7. The van der Waals surface area contributed by atoms with Gasteiger partial charge in [0.1, 0.15) is 12.4 Å². The second-order valence-electron chi connectivity index (χ2n) is 7.05. The summed E-state index contributed by atoms with van der Waals surface area (Å²) in [4.78, 5) is 9.58. The molecule has 1 N–H and O–H groups in total. The fourth-order valence-electron chi connectivity index (χ4n) is 3.57. The van der Waals surface area contributed by atoms with Crippen LogP contribution in [-0.4, -0.2) is 73.0 Å². The molecule has 4 rings (SSSR count). The molecule has 2 aromatic carbocycles. The van der Waals surface area contributed by atoms with Gasteiger partial charge in [-0.15, -0.1) is 0 Å². The number of hydroxylamine groups is 3. The molecular formula is C21H25N3O3S. The summed E-state index contributed by atoms with van der Waals surface area (Å²) in [5, 5.41) is 21.7. The number of ether oxygens (including phenoxy) is 1. The number of aliphatic imine (C=N–C) groups is 1. The molecule has 2 heterocycles. The lowest BCUT2D eigenvalue weighted by atomic mass is 10.1. The Kier molecular flexibility index (Phi) is 5.99. The third-order valence-electron chi connectivity index (χ3n) is 5.17. The number of aliphatic hydroxyl groups is 1. The molecule has 7 heteroatoms. The zero-order chi connectivity index (χ0) is 19.4. The summed E-state index contributed by atoms with van der Waals surface area (Å²) in [5.41, 5.74) is 2.10. The number of hydrogen-bond acceptors (Lipinski definition) is 6. The van der Waals surface area contributed by atoms with Crippen LogP contribution in [0.5, 0.6) is 0 Å². The molecule has 0 bridgehead atoms. The third-order valence-corrected chi connectivity index (χ3v) is 6.31. The maximum atomic E-state index is 12.9. The second kappa shape index (κ2) is 8.63. The fourth-order valence-corrected chi connectivity index (χ4v) is 4.59. The van der Waals surface area contributed by atoms with Gasteiger partial charge >= 0.3 is 0 Å². The smallest absolute Gasteiger partial charge is 0.138 e. The number of amidine groups is 1. The topological polar surface area (TPSA) is 68.1 Å². The molecule has 0 atom stereocenters. The van der Waals surface area contributed by atoms with Crippen LogP contribution in [0.1, 0.15) is 5.56 Å². The highest BCUT2D eigenvalue weighted by Gasteiger charge is 2.29. The van der Waals surface area contributed by atoms with Gasteiger partial charge in [-0.05, 0) is 18.2 Å². The summed E-state index contributed by atoms with van der Waals surface area (Å²) in [6.45, 7) is 3.46. The highest BCUT2D eigenvalue weighted by molar-refractivity contribution is 7.99. The summed E-state index contributed by atoms with van der Waals surface area (Å²) < 4.78 is 5.04. The molecule has 0 spiro atoms. The van der Waals surface area contributed by atoms with Crippen LogP contribution in [0, 0.1) is 5.21 Å². The van der Waals surface area contributed by atoms with Crippen molar-refractivity contribution < 1.29 is 14.5 Å². The van der Waals surface area contributed by atoms with Crippen molar-refractivity contribution in [2.75, 3.05) is 52.5 Å². The van der Waals surface area contributed by atoms with E-state index in [1.54, 1.807) is 11.8 Å². The van der Waals surface area contributed by atoms with Crippen molar-refractivity contribution in [3.05, 3.63) is 59.3 Å². The van der Waals surface area contributed by atoms with Crippen molar-refractivity contribution >= 4 is 23.3 Å². The predicted octanol–water partition coefficient (Wildman–Crippen LogP) is 2.87. The number of aliphatic hydroxyl groups excluding tert-OH is 1. The number of piperazine rings is 1. The van der Waals surface area contributed by atoms with Crippen LogP contribution in [0.3, 0.4) is 0 Å². The molecule has 0 aliphatic carbocycles. The van der Waals surface area contributed by atoms with Gasteiger partial charge in [0, 0.05) is 15.4 Å². The first-order valence-electron chi connectivity index (χ1n) is 9.64. The minimum atomic E-state index is -0.248. The Balaban J connectivity index is 1.53. The molecule has 1 fully saturated rings. The minimum Gasteiger partial charge on any atom is -0.633 e. The van der Waals surface area contributed by atoms with Gasteiger partial charge in [0.05, 0.1) is 51.7 Å². The number of nitrogens with zero attached hydrogens (tertiary/aromatic N) is 3. The molecule has 0 aromatic heterocycles. The van der Waals surface area contributed by atoms with E-state index in [1.807, 2.05) is 24.3 Å². The normalized spacial score (nSPS) is 18.1. The van der Waals surface area contributed by atoms with E-state index in [2.05, 4.69) is 29.2 Å². The van der Waals surface area contributed by atoms with Crippen LogP contribution in [0.25, 0.3) is 0 Å². The molecule has 6 nitrogen and oxygen atoms in total. The summed E-state index contributed by atoms with van der Waals surface area (Å²) >= 11 is 1.74. The summed E-state index contributed by atoms with van der Waals surface area (Å²) in [7, 11) is 0.